The van der Waals surface area contributed by atoms with Gasteiger partial charge in [0, 0.05) is 19.2 Å². The zero-order valence-electron chi connectivity index (χ0n) is 17.2. The van der Waals surface area contributed by atoms with Gasteiger partial charge in [0.15, 0.2) is 0 Å². The first-order valence-corrected chi connectivity index (χ1v) is 9.80. The van der Waals surface area contributed by atoms with Crippen molar-refractivity contribution >= 4 is 11.9 Å². The predicted octanol–water partition coefficient (Wildman–Crippen LogP) is 3.67. The smallest absolute Gasteiger partial charge is 0.322 e. The van der Waals surface area contributed by atoms with Gasteiger partial charge in [-0.15, -0.1) is 0 Å². The monoisotopic (exact) mass is 402 g/mol. The first-order chi connectivity index (χ1) is 14.5. The van der Waals surface area contributed by atoms with Crippen molar-refractivity contribution < 1.29 is 14.3 Å². The molecule has 0 fully saturated rings. The Labute approximate surface area is 177 Å². The van der Waals surface area contributed by atoms with Crippen LogP contribution in [0.4, 0.5) is 0 Å². The highest BCUT2D eigenvalue weighted by molar-refractivity contribution is 5.94. The second-order valence-corrected chi connectivity index (χ2v) is 7.26. The Balaban J connectivity index is 1.69. The summed E-state index contributed by atoms with van der Waals surface area (Å²) in [5, 5.41) is 0. The van der Waals surface area contributed by atoms with Crippen LogP contribution >= 0.6 is 0 Å². The van der Waals surface area contributed by atoms with Crippen LogP contribution < -0.4 is 5.73 Å². The summed E-state index contributed by atoms with van der Waals surface area (Å²) in [5.74, 6) is -0.423. The third-order valence-corrected chi connectivity index (χ3v) is 4.96. The zero-order chi connectivity index (χ0) is 21.5. The van der Waals surface area contributed by atoms with Gasteiger partial charge in [0.2, 0.25) is 0 Å². The molecule has 0 heterocycles. The largest absolute Gasteiger partial charge is 0.468 e. The molecule has 3 rings (SSSR count). The molecule has 5 nitrogen and oxygen atoms in total. The van der Waals surface area contributed by atoms with Gasteiger partial charge in [-0.1, -0.05) is 60.7 Å². The van der Waals surface area contributed by atoms with Gasteiger partial charge in [0.1, 0.15) is 6.04 Å². The third-order valence-electron chi connectivity index (χ3n) is 4.96. The normalized spacial score (nSPS) is 11.6. The number of methoxy groups -OCH3 is 1. The van der Waals surface area contributed by atoms with Crippen LogP contribution in [-0.2, 0) is 22.5 Å². The Kier molecular flexibility index (Phi) is 6.99. The van der Waals surface area contributed by atoms with E-state index >= 15 is 0 Å². The molecule has 30 heavy (non-hydrogen) atoms. The lowest BCUT2D eigenvalue weighted by Crippen LogP contribution is -2.33. The number of hydrogen-bond donors (Lipinski definition) is 1. The van der Waals surface area contributed by atoms with Crippen LogP contribution in [0.25, 0.3) is 11.1 Å². The fourth-order valence-corrected chi connectivity index (χ4v) is 3.32. The number of carbonyl (C=O) groups is 2. The molecule has 0 unspecified atom stereocenters. The molecular weight excluding hydrogens is 376 g/mol. The van der Waals surface area contributed by atoms with Crippen molar-refractivity contribution in [1.29, 1.82) is 0 Å². The molecule has 0 aliphatic carbocycles. The maximum absolute atomic E-state index is 12.6. The second-order valence-electron chi connectivity index (χ2n) is 7.26. The van der Waals surface area contributed by atoms with Crippen molar-refractivity contribution in [3.8, 4) is 11.1 Å². The highest BCUT2D eigenvalue weighted by atomic mass is 16.5. The zero-order valence-corrected chi connectivity index (χ0v) is 17.2. The Morgan fingerprint density at radius 2 is 1.60 bits per heavy atom. The van der Waals surface area contributed by atoms with Gasteiger partial charge in [-0.25, -0.2) is 0 Å². The highest BCUT2D eigenvalue weighted by Gasteiger charge is 2.14. The first kappa shape index (κ1) is 21.3. The molecule has 5 heteroatoms. The van der Waals surface area contributed by atoms with E-state index in [1.54, 1.807) is 11.9 Å². The summed E-state index contributed by atoms with van der Waals surface area (Å²) in [6.07, 6.45) is 0.430. The lowest BCUT2D eigenvalue weighted by atomic mass is 9.99. The summed E-state index contributed by atoms with van der Waals surface area (Å²) in [4.78, 5) is 25.8. The highest BCUT2D eigenvalue weighted by Crippen LogP contribution is 2.22. The van der Waals surface area contributed by atoms with E-state index in [4.69, 9.17) is 5.73 Å². The average molecular weight is 402 g/mol. The number of benzene rings is 3. The maximum atomic E-state index is 12.6. The molecule has 154 valence electrons. The molecule has 0 aliphatic heterocycles. The van der Waals surface area contributed by atoms with Crippen molar-refractivity contribution in [3.63, 3.8) is 0 Å². The summed E-state index contributed by atoms with van der Waals surface area (Å²) in [5.41, 5.74) is 10.7. The standard InChI is InChI=1S/C25H26N2O3/c1-27(24(28)21-8-4-3-5-9-21)17-19-7-6-10-22(15-19)20-13-11-18(12-14-20)16-23(26)25(29)30-2/h3-15,23H,16-17,26H2,1-2H3/t23-/m1/s1. The van der Waals surface area contributed by atoms with E-state index in [-0.39, 0.29) is 5.91 Å². The number of carbonyl (C=O) groups excluding carboxylic acids is 2. The molecule has 0 aromatic heterocycles. The summed E-state index contributed by atoms with van der Waals surface area (Å²) in [6.45, 7) is 0.521. The summed E-state index contributed by atoms with van der Waals surface area (Å²) in [6, 6.07) is 24.7. The van der Waals surface area contributed by atoms with Gasteiger partial charge in [0.05, 0.1) is 7.11 Å². The molecule has 0 saturated heterocycles. The van der Waals surface area contributed by atoms with E-state index < -0.39 is 12.0 Å². The molecule has 0 spiro atoms. The Morgan fingerprint density at radius 3 is 2.27 bits per heavy atom. The van der Waals surface area contributed by atoms with Crippen LogP contribution in [0.3, 0.4) is 0 Å². The number of ether oxygens (including phenoxy) is 1. The molecule has 1 atom stereocenters. The molecule has 3 aromatic carbocycles. The van der Waals surface area contributed by atoms with E-state index in [9.17, 15) is 9.59 Å². The lowest BCUT2D eigenvalue weighted by molar-refractivity contribution is -0.142. The maximum Gasteiger partial charge on any atom is 0.322 e. The summed E-state index contributed by atoms with van der Waals surface area (Å²) < 4.78 is 4.68. The minimum absolute atomic E-state index is 0.00713. The van der Waals surface area contributed by atoms with E-state index in [0.717, 1.165) is 22.3 Å². The number of rotatable bonds is 7. The minimum Gasteiger partial charge on any atom is -0.468 e. The fraction of sp³-hybridized carbons (Fsp3) is 0.200. The van der Waals surface area contributed by atoms with Crippen LogP contribution in [0.1, 0.15) is 21.5 Å². The van der Waals surface area contributed by atoms with Gasteiger partial charge < -0.3 is 15.4 Å². The average Bonchev–Trinajstić information content (AvgIpc) is 2.79. The van der Waals surface area contributed by atoms with Gasteiger partial charge in [-0.2, -0.15) is 0 Å². The Hall–Kier alpha value is -3.44. The van der Waals surface area contributed by atoms with E-state index in [2.05, 4.69) is 10.8 Å². The van der Waals surface area contributed by atoms with E-state index in [1.165, 1.54) is 7.11 Å². The molecule has 0 bridgehead atoms. The molecular formula is C25H26N2O3. The SMILES string of the molecule is COC(=O)[C@H](N)Cc1ccc(-c2cccc(CN(C)C(=O)c3ccccc3)c2)cc1. The fourth-order valence-electron chi connectivity index (χ4n) is 3.32. The Morgan fingerprint density at radius 1 is 0.900 bits per heavy atom. The van der Waals surface area contributed by atoms with E-state index in [0.29, 0.717) is 18.5 Å². The van der Waals surface area contributed by atoms with Gasteiger partial charge in [-0.05, 0) is 46.9 Å². The minimum atomic E-state index is -0.665. The summed E-state index contributed by atoms with van der Waals surface area (Å²) >= 11 is 0. The van der Waals surface area contributed by atoms with Crippen molar-refractivity contribution in [2.75, 3.05) is 14.2 Å². The van der Waals surface area contributed by atoms with Crippen molar-refractivity contribution in [1.82, 2.24) is 4.90 Å². The summed E-state index contributed by atoms with van der Waals surface area (Å²) in [7, 11) is 3.14. The first-order valence-electron chi connectivity index (χ1n) is 9.80. The second kappa shape index (κ2) is 9.85. The van der Waals surface area contributed by atoms with Gasteiger partial charge in [-0.3, -0.25) is 9.59 Å². The van der Waals surface area contributed by atoms with Crippen molar-refractivity contribution in [2.45, 2.75) is 19.0 Å². The van der Waals surface area contributed by atoms with Crippen LogP contribution in [0.15, 0.2) is 78.9 Å². The molecule has 0 saturated carbocycles. The topological polar surface area (TPSA) is 72.6 Å². The molecule has 0 radical (unpaired) electrons. The lowest BCUT2D eigenvalue weighted by Gasteiger charge is -2.18. The number of hydrogen-bond acceptors (Lipinski definition) is 4. The van der Waals surface area contributed by atoms with Crippen LogP contribution in [-0.4, -0.2) is 37.0 Å². The van der Waals surface area contributed by atoms with Crippen molar-refractivity contribution in [2.24, 2.45) is 5.73 Å². The van der Waals surface area contributed by atoms with E-state index in [1.807, 2.05) is 72.8 Å². The molecule has 3 aromatic rings. The predicted molar refractivity (Wildman–Crippen MR) is 118 cm³/mol. The van der Waals surface area contributed by atoms with Crippen LogP contribution in [0.5, 0.6) is 0 Å². The number of nitrogens with two attached hydrogens (primary N) is 1. The Bertz CT molecular complexity index is 1000. The number of amides is 1. The van der Waals surface area contributed by atoms with Crippen LogP contribution in [0, 0.1) is 0 Å². The molecule has 2 N–H and O–H groups in total. The van der Waals surface area contributed by atoms with Crippen molar-refractivity contribution in [3.05, 3.63) is 95.6 Å². The van der Waals surface area contributed by atoms with Gasteiger partial charge in [0.25, 0.3) is 5.91 Å². The molecule has 0 aliphatic rings. The number of nitrogens with zero attached hydrogens (tertiary/aromatic N) is 1. The quantitative estimate of drug-likeness (QED) is 0.612. The number of esters is 1. The van der Waals surface area contributed by atoms with Crippen LogP contribution in [0.2, 0.25) is 0 Å². The molecule has 1 amide bonds. The third kappa shape index (κ3) is 5.33. The van der Waals surface area contributed by atoms with Gasteiger partial charge >= 0.3 is 5.97 Å².